The number of nitrogens with one attached hydrogen (secondary N) is 2. The van der Waals surface area contributed by atoms with Gasteiger partial charge in [-0.3, -0.25) is 9.59 Å². The average molecular weight is 407 g/mol. The van der Waals surface area contributed by atoms with Crippen LogP contribution in [0.1, 0.15) is 36.4 Å². The molecular weight excluding hydrogens is 382 g/mol. The molecule has 3 aromatic rings. The Morgan fingerprint density at radius 1 is 1.13 bits per heavy atom. The number of hydrogen-bond acceptors (Lipinski definition) is 5. The number of nitrogens with zero attached hydrogens (tertiary/aromatic N) is 1. The summed E-state index contributed by atoms with van der Waals surface area (Å²) in [6.07, 6.45) is 0.0906. The van der Waals surface area contributed by atoms with Gasteiger partial charge in [0.15, 0.2) is 0 Å². The van der Waals surface area contributed by atoms with E-state index >= 15 is 0 Å². The van der Waals surface area contributed by atoms with E-state index in [1.807, 2.05) is 44.2 Å². The predicted octanol–water partition coefficient (Wildman–Crippen LogP) is 4.17. The van der Waals surface area contributed by atoms with Crippen molar-refractivity contribution in [2.24, 2.45) is 0 Å². The number of ether oxygens (including phenoxy) is 1. The van der Waals surface area contributed by atoms with Crippen LogP contribution < -0.4 is 15.4 Å². The zero-order chi connectivity index (χ0) is 21.7. The number of rotatable bonds is 7. The summed E-state index contributed by atoms with van der Waals surface area (Å²) in [7, 11) is 1.59. The Labute approximate surface area is 175 Å². The van der Waals surface area contributed by atoms with Crippen molar-refractivity contribution in [2.75, 3.05) is 12.4 Å². The molecule has 0 aliphatic rings. The van der Waals surface area contributed by atoms with Crippen molar-refractivity contribution in [3.05, 3.63) is 65.5 Å². The first-order valence-corrected chi connectivity index (χ1v) is 9.61. The van der Waals surface area contributed by atoms with Crippen molar-refractivity contribution in [1.29, 1.82) is 0 Å². The maximum Gasteiger partial charge on any atom is 0.226 e. The first-order valence-electron chi connectivity index (χ1n) is 9.61. The second-order valence-electron chi connectivity index (χ2n) is 7.02. The van der Waals surface area contributed by atoms with E-state index < -0.39 is 6.04 Å². The van der Waals surface area contributed by atoms with Crippen molar-refractivity contribution in [3.63, 3.8) is 0 Å². The zero-order valence-electron chi connectivity index (χ0n) is 17.5. The van der Waals surface area contributed by atoms with Gasteiger partial charge in [-0.2, -0.15) is 0 Å². The fourth-order valence-corrected chi connectivity index (χ4v) is 3.06. The minimum Gasteiger partial charge on any atom is -0.497 e. The lowest BCUT2D eigenvalue weighted by Crippen LogP contribution is -2.29. The third-order valence-electron chi connectivity index (χ3n) is 4.71. The van der Waals surface area contributed by atoms with Gasteiger partial charge in [0.1, 0.15) is 11.5 Å². The highest BCUT2D eigenvalue weighted by Gasteiger charge is 2.18. The van der Waals surface area contributed by atoms with E-state index in [0.717, 1.165) is 22.6 Å². The van der Waals surface area contributed by atoms with E-state index in [-0.39, 0.29) is 18.2 Å². The zero-order valence-corrected chi connectivity index (χ0v) is 17.5. The first-order chi connectivity index (χ1) is 14.4. The number of benzene rings is 2. The monoisotopic (exact) mass is 407 g/mol. The lowest BCUT2D eigenvalue weighted by molar-refractivity contribution is -0.120. The molecule has 0 bridgehead atoms. The highest BCUT2D eigenvalue weighted by Crippen LogP contribution is 2.25. The van der Waals surface area contributed by atoms with E-state index in [2.05, 4.69) is 15.6 Å². The van der Waals surface area contributed by atoms with Crippen LogP contribution in [0.2, 0.25) is 0 Å². The summed E-state index contributed by atoms with van der Waals surface area (Å²) < 4.78 is 10.8. The SMILES string of the molecule is COc1ccc([C@H](CC(=O)Nc2cccc(-c3nc(C)c(C)o3)c2)NC(C)=O)cc1. The molecule has 0 radical (unpaired) electrons. The summed E-state index contributed by atoms with van der Waals surface area (Å²) in [4.78, 5) is 28.7. The molecule has 7 nitrogen and oxygen atoms in total. The Bertz CT molecular complexity index is 1020. The maximum absolute atomic E-state index is 12.7. The molecule has 2 N–H and O–H groups in total. The van der Waals surface area contributed by atoms with Crippen LogP contribution >= 0.6 is 0 Å². The van der Waals surface area contributed by atoms with Crippen molar-refractivity contribution in [1.82, 2.24) is 10.3 Å². The summed E-state index contributed by atoms with van der Waals surface area (Å²) in [6.45, 7) is 5.17. The van der Waals surface area contributed by atoms with Crippen molar-refractivity contribution in [2.45, 2.75) is 33.2 Å². The second kappa shape index (κ2) is 9.26. The van der Waals surface area contributed by atoms with Crippen LogP contribution in [-0.4, -0.2) is 23.9 Å². The summed E-state index contributed by atoms with van der Waals surface area (Å²) in [6, 6.07) is 14.1. The molecule has 156 valence electrons. The minimum absolute atomic E-state index is 0.0906. The molecule has 1 atom stereocenters. The smallest absolute Gasteiger partial charge is 0.226 e. The Kier molecular flexibility index (Phi) is 6.51. The first kappa shape index (κ1) is 21.1. The fraction of sp³-hybridized carbons (Fsp3) is 0.261. The van der Waals surface area contributed by atoms with E-state index in [1.54, 1.807) is 25.3 Å². The molecule has 0 unspecified atom stereocenters. The van der Waals surface area contributed by atoms with E-state index in [4.69, 9.17) is 9.15 Å². The number of carbonyl (C=O) groups is 2. The van der Waals surface area contributed by atoms with Gasteiger partial charge in [-0.25, -0.2) is 4.98 Å². The largest absolute Gasteiger partial charge is 0.497 e. The Morgan fingerprint density at radius 2 is 1.87 bits per heavy atom. The van der Waals surface area contributed by atoms with Crippen LogP contribution in [-0.2, 0) is 9.59 Å². The lowest BCUT2D eigenvalue weighted by Gasteiger charge is -2.18. The van der Waals surface area contributed by atoms with Crippen LogP contribution in [0.5, 0.6) is 5.75 Å². The van der Waals surface area contributed by atoms with Gasteiger partial charge in [-0.1, -0.05) is 18.2 Å². The molecule has 2 aromatic carbocycles. The maximum atomic E-state index is 12.7. The van der Waals surface area contributed by atoms with Crippen molar-refractivity contribution < 1.29 is 18.7 Å². The van der Waals surface area contributed by atoms with Crippen LogP contribution in [0.3, 0.4) is 0 Å². The van der Waals surface area contributed by atoms with Crippen LogP contribution in [0.25, 0.3) is 11.5 Å². The van der Waals surface area contributed by atoms with Gasteiger partial charge in [0.2, 0.25) is 17.7 Å². The summed E-state index contributed by atoms with van der Waals surface area (Å²) in [5.74, 6) is 1.55. The fourth-order valence-electron chi connectivity index (χ4n) is 3.06. The number of hydrogen-bond donors (Lipinski definition) is 2. The number of oxazole rings is 1. The van der Waals surface area contributed by atoms with Gasteiger partial charge in [-0.15, -0.1) is 0 Å². The molecule has 0 saturated carbocycles. The topological polar surface area (TPSA) is 93.5 Å². The second-order valence-corrected chi connectivity index (χ2v) is 7.02. The molecule has 2 amide bonds. The molecule has 0 aliphatic heterocycles. The third-order valence-corrected chi connectivity index (χ3v) is 4.71. The number of methoxy groups -OCH3 is 1. The number of amides is 2. The van der Waals surface area contributed by atoms with E-state index in [0.29, 0.717) is 17.3 Å². The Balaban J connectivity index is 1.73. The molecule has 3 rings (SSSR count). The molecule has 1 aromatic heterocycles. The molecule has 7 heteroatoms. The van der Waals surface area contributed by atoms with Crippen molar-refractivity contribution in [3.8, 4) is 17.2 Å². The number of aryl methyl sites for hydroxylation is 2. The van der Waals surface area contributed by atoms with E-state index in [9.17, 15) is 9.59 Å². The summed E-state index contributed by atoms with van der Waals surface area (Å²) >= 11 is 0. The molecule has 1 heterocycles. The van der Waals surface area contributed by atoms with Gasteiger partial charge < -0.3 is 19.8 Å². The highest BCUT2D eigenvalue weighted by atomic mass is 16.5. The Morgan fingerprint density at radius 3 is 2.47 bits per heavy atom. The van der Waals surface area contributed by atoms with Gasteiger partial charge >= 0.3 is 0 Å². The van der Waals surface area contributed by atoms with Gasteiger partial charge in [0, 0.05) is 18.2 Å². The Hall–Kier alpha value is -3.61. The molecule has 0 fully saturated rings. The van der Waals surface area contributed by atoms with Crippen LogP contribution in [0, 0.1) is 13.8 Å². The normalized spacial score (nSPS) is 11.6. The number of anilines is 1. The quantitative estimate of drug-likeness (QED) is 0.613. The predicted molar refractivity (Wildman–Crippen MR) is 114 cm³/mol. The molecule has 0 saturated heterocycles. The highest BCUT2D eigenvalue weighted by molar-refractivity contribution is 5.92. The van der Waals surface area contributed by atoms with Gasteiger partial charge in [0.25, 0.3) is 0 Å². The standard InChI is InChI=1S/C23H25N3O4/c1-14-15(2)30-23(24-14)18-6-5-7-19(12-18)26-22(28)13-21(25-16(3)27)17-8-10-20(29-4)11-9-17/h5-12,21H,13H2,1-4H3,(H,25,27)(H,26,28)/t21-/m0/s1. The molecule has 0 aliphatic carbocycles. The van der Waals surface area contributed by atoms with Crippen LogP contribution in [0.4, 0.5) is 5.69 Å². The molecular formula is C23H25N3O4. The molecule has 30 heavy (non-hydrogen) atoms. The van der Waals surface area contributed by atoms with Crippen LogP contribution in [0.15, 0.2) is 52.9 Å². The van der Waals surface area contributed by atoms with Gasteiger partial charge in [-0.05, 0) is 49.7 Å². The number of carbonyl (C=O) groups excluding carboxylic acids is 2. The molecule has 0 spiro atoms. The van der Waals surface area contributed by atoms with Gasteiger partial charge in [0.05, 0.1) is 25.3 Å². The average Bonchev–Trinajstić information content (AvgIpc) is 3.06. The summed E-state index contributed by atoms with van der Waals surface area (Å²) in [5, 5.41) is 5.72. The number of aromatic nitrogens is 1. The van der Waals surface area contributed by atoms with E-state index in [1.165, 1.54) is 6.92 Å². The minimum atomic E-state index is -0.450. The third kappa shape index (κ3) is 5.26. The summed E-state index contributed by atoms with van der Waals surface area (Å²) in [5.41, 5.74) is 3.05. The lowest BCUT2D eigenvalue weighted by atomic mass is 10.0. The van der Waals surface area contributed by atoms with Crippen molar-refractivity contribution >= 4 is 17.5 Å².